The molecule has 0 bridgehead atoms. The van der Waals surface area contributed by atoms with E-state index in [4.69, 9.17) is 14.2 Å². The van der Waals surface area contributed by atoms with Crippen molar-refractivity contribution in [3.8, 4) is 0 Å². The fourth-order valence-corrected chi connectivity index (χ4v) is 9.02. The van der Waals surface area contributed by atoms with Crippen LogP contribution in [0.5, 0.6) is 0 Å². The molecule has 0 heterocycles. The summed E-state index contributed by atoms with van der Waals surface area (Å²) in [5.41, 5.74) is 0. The Balaban J connectivity index is 4.10. The molecule has 0 radical (unpaired) electrons. The summed E-state index contributed by atoms with van der Waals surface area (Å²) < 4.78 is 16.8. The van der Waals surface area contributed by atoms with Crippen LogP contribution >= 0.6 is 0 Å². The first-order valence-electron chi connectivity index (χ1n) is 33.0. The van der Waals surface area contributed by atoms with Crippen LogP contribution < -0.4 is 0 Å². The molecular weight excluding hydrogens is 973 g/mol. The Hall–Kier alpha value is -4.19. The lowest BCUT2D eigenvalue weighted by Crippen LogP contribution is -2.30. The van der Waals surface area contributed by atoms with Crippen molar-refractivity contribution >= 4 is 17.9 Å². The minimum absolute atomic E-state index is 0.0857. The minimum atomic E-state index is -0.786. The Bertz CT molecular complexity index is 1640. The number of hydrogen-bond acceptors (Lipinski definition) is 6. The normalized spacial score (nSPS) is 12.9. The van der Waals surface area contributed by atoms with Crippen LogP contribution in [-0.2, 0) is 28.6 Å². The highest BCUT2D eigenvalue weighted by atomic mass is 16.6. The first-order chi connectivity index (χ1) is 39.0. The summed E-state index contributed by atoms with van der Waals surface area (Å²) in [5.74, 6) is -0.916. The third-order valence-electron chi connectivity index (χ3n) is 14.0. The number of allylic oxidation sites excluding steroid dienone is 20. The van der Waals surface area contributed by atoms with Crippen LogP contribution in [0.2, 0.25) is 0 Å². The standard InChI is InChI=1S/C73H122O6/c1-4-7-10-13-15-17-19-21-23-25-27-29-31-32-33-34-35-36-37-38-39-40-42-43-45-47-49-51-53-55-57-60-63-66-72(75)78-69-70(68-77-71(74)65-62-59-12-9-6-3)79-73(76)67-64-61-58-56-54-52-50-48-46-44-41-30-28-26-24-22-20-18-16-14-11-8-5-2/h7,10,15,17,21,23,26-29,32-33,35-36,38-39,42-43,47,49,70H,4-6,8-9,11-14,16,18-20,22,24-25,30-31,34,37,40-41,44-46,48,50-69H2,1-3H3/b10-7-,17-15-,23-21-,28-26-,29-27-,33-32-,36-35-,39-38-,43-42-,49-47-. The molecule has 0 rings (SSSR count). The summed E-state index contributed by atoms with van der Waals surface area (Å²) >= 11 is 0. The second-order valence-electron chi connectivity index (χ2n) is 21.6. The van der Waals surface area contributed by atoms with Crippen molar-refractivity contribution in [2.45, 2.75) is 309 Å². The summed E-state index contributed by atoms with van der Waals surface area (Å²) in [6, 6.07) is 0. The Morgan fingerprint density at radius 3 is 0.785 bits per heavy atom. The predicted molar refractivity (Wildman–Crippen MR) is 343 cm³/mol. The second-order valence-corrected chi connectivity index (χ2v) is 21.6. The summed E-state index contributed by atoms with van der Waals surface area (Å²) in [6.07, 6.45) is 92.6. The number of hydrogen-bond donors (Lipinski definition) is 0. The van der Waals surface area contributed by atoms with Crippen LogP contribution in [0, 0.1) is 0 Å². The van der Waals surface area contributed by atoms with Gasteiger partial charge in [-0.3, -0.25) is 14.4 Å². The van der Waals surface area contributed by atoms with E-state index in [1.165, 1.54) is 122 Å². The zero-order valence-corrected chi connectivity index (χ0v) is 51.6. The molecule has 0 aliphatic heterocycles. The second kappa shape index (κ2) is 66.3. The van der Waals surface area contributed by atoms with Crippen LogP contribution in [0.25, 0.3) is 0 Å². The largest absolute Gasteiger partial charge is 0.462 e. The third kappa shape index (κ3) is 64.5. The Morgan fingerprint density at radius 2 is 0.494 bits per heavy atom. The number of ether oxygens (including phenoxy) is 3. The molecule has 1 atom stereocenters. The Kier molecular flexibility index (Phi) is 62.8. The molecule has 0 aromatic carbocycles. The molecule has 1 unspecified atom stereocenters. The van der Waals surface area contributed by atoms with E-state index < -0.39 is 6.10 Å². The molecular formula is C73H122O6. The third-order valence-corrected chi connectivity index (χ3v) is 14.0. The molecule has 0 aliphatic rings. The van der Waals surface area contributed by atoms with Crippen molar-refractivity contribution in [3.05, 3.63) is 122 Å². The van der Waals surface area contributed by atoms with Gasteiger partial charge in [0.25, 0.3) is 0 Å². The van der Waals surface area contributed by atoms with Crippen LogP contribution in [-0.4, -0.2) is 37.2 Å². The van der Waals surface area contributed by atoms with Crippen molar-refractivity contribution in [1.29, 1.82) is 0 Å². The lowest BCUT2D eigenvalue weighted by molar-refractivity contribution is -0.167. The molecule has 0 saturated carbocycles. The van der Waals surface area contributed by atoms with Crippen molar-refractivity contribution in [2.75, 3.05) is 13.2 Å². The van der Waals surface area contributed by atoms with Crippen LogP contribution in [0.1, 0.15) is 303 Å². The lowest BCUT2D eigenvalue weighted by atomic mass is 10.0. The number of carbonyl (C=O) groups excluding carboxylic acids is 3. The van der Waals surface area contributed by atoms with Crippen molar-refractivity contribution < 1.29 is 28.6 Å². The fourth-order valence-electron chi connectivity index (χ4n) is 9.02. The highest BCUT2D eigenvalue weighted by Crippen LogP contribution is 2.16. The zero-order chi connectivity index (χ0) is 57.1. The Labute approximate surface area is 488 Å². The van der Waals surface area contributed by atoms with E-state index in [-0.39, 0.29) is 31.1 Å². The fraction of sp³-hybridized carbons (Fsp3) is 0.685. The lowest BCUT2D eigenvalue weighted by Gasteiger charge is -2.18. The average molecular weight is 1100 g/mol. The molecule has 450 valence electrons. The maximum absolute atomic E-state index is 12.8. The van der Waals surface area contributed by atoms with Crippen LogP contribution in [0.4, 0.5) is 0 Å². The molecule has 79 heavy (non-hydrogen) atoms. The van der Waals surface area contributed by atoms with Gasteiger partial charge < -0.3 is 14.2 Å². The molecule has 0 amide bonds. The monoisotopic (exact) mass is 1090 g/mol. The topological polar surface area (TPSA) is 78.9 Å². The summed E-state index contributed by atoms with van der Waals surface area (Å²) in [7, 11) is 0. The van der Waals surface area contributed by atoms with Gasteiger partial charge in [0.05, 0.1) is 0 Å². The van der Waals surface area contributed by atoms with E-state index in [1.54, 1.807) is 0 Å². The quantitative estimate of drug-likeness (QED) is 0.0261. The van der Waals surface area contributed by atoms with E-state index in [9.17, 15) is 14.4 Å². The van der Waals surface area contributed by atoms with Gasteiger partial charge in [-0.1, -0.05) is 290 Å². The van der Waals surface area contributed by atoms with Gasteiger partial charge >= 0.3 is 17.9 Å². The van der Waals surface area contributed by atoms with Crippen molar-refractivity contribution in [1.82, 2.24) is 0 Å². The van der Waals surface area contributed by atoms with Gasteiger partial charge in [-0.25, -0.2) is 0 Å². The summed E-state index contributed by atoms with van der Waals surface area (Å²) in [5, 5.41) is 0. The number of unbranched alkanes of at least 4 members (excludes halogenated alkanes) is 28. The van der Waals surface area contributed by atoms with E-state index >= 15 is 0 Å². The first-order valence-corrected chi connectivity index (χ1v) is 33.0. The Morgan fingerprint density at radius 1 is 0.266 bits per heavy atom. The first kappa shape index (κ1) is 74.8. The van der Waals surface area contributed by atoms with E-state index in [2.05, 4.69) is 142 Å². The van der Waals surface area contributed by atoms with Crippen LogP contribution in [0.15, 0.2) is 122 Å². The van der Waals surface area contributed by atoms with E-state index in [0.29, 0.717) is 19.3 Å². The molecule has 0 aromatic heterocycles. The summed E-state index contributed by atoms with van der Waals surface area (Å²) in [6.45, 7) is 6.44. The average Bonchev–Trinajstić information content (AvgIpc) is 3.45. The van der Waals surface area contributed by atoms with Crippen molar-refractivity contribution in [3.63, 3.8) is 0 Å². The van der Waals surface area contributed by atoms with Gasteiger partial charge in [-0.15, -0.1) is 0 Å². The molecule has 0 N–H and O–H groups in total. The van der Waals surface area contributed by atoms with Gasteiger partial charge in [0, 0.05) is 19.3 Å². The summed E-state index contributed by atoms with van der Waals surface area (Å²) in [4.78, 5) is 37.9. The van der Waals surface area contributed by atoms with Gasteiger partial charge in [-0.2, -0.15) is 0 Å². The highest BCUT2D eigenvalue weighted by Gasteiger charge is 2.19. The number of esters is 3. The minimum Gasteiger partial charge on any atom is -0.462 e. The van der Waals surface area contributed by atoms with E-state index in [1.807, 2.05) is 0 Å². The number of rotatable bonds is 59. The predicted octanol–water partition coefficient (Wildman–Crippen LogP) is 22.8. The maximum Gasteiger partial charge on any atom is 0.306 e. The molecule has 6 heteroatoms. The smallest absolute Gasteiger partial charge is 0.306 e. The molecule has 0 spiro atoms. The molecule has 0 saturated heterocycles. The highest BCUT2D eigenvalue weighted by molar-refractivity contribution is 5.71. The van der Waals surface area contributed by atoms with Gasteiger partial charge in [0.15, 0.2) is 6.10 Å². The molecule has 6 nitrogen and oxygen atoms in total. The molecule has 0 fully saturated rings. The van der Waals surface area contributed by atoms with Gasteiger partial charge in [0.1, 0.15) is 13.2 Å². The SMILES string of the molecule is CC/C=C\C/C=C\C/C=C\C/C=C\C/C=C\C/C=C\C/C=C\C/C=C\C/C=C\CCCCCCCC(=O)OCC(COC(=O)CCCCCCC)OC(=O)CCCCCCCCCCCCC/C=C\CCCCCCCCCC. The number of carbonyl (C=O) groups is 3. The van der Waals surface area contributed by atoms with Gasteiger partial charge in [0.2, 0.25) is 0 Å². The molecule has 0 aromatic rings. The maximum atomic E-state index is 12.8. The van der Waals surface area contributed by atoms with Crippen LogP contribution in [0.3, 0.4) is 0 Å². The van der Waals surface area contributed by atoms with Gasteiger partial charge in [-0.05, 0) is 116 Å². The zero-order valence-electron chi connectivity index (χ0n) is 51.6. The van der Waals surface area contributed by atoms with E-state index in [0.717, 1.165) is 141 Å². The van der Waals surface area contributed by atoms with Crippen molar-refractivity contribution in [2.24, 2.45) is 0 Å². The molecule has 0 aliphatic carbocycles.